The molecule has 0 fully saturated rings. The maximum Gasteiger partial charge on any atom is 0.0479 e. The Balaban J connectivity index is 2.45. The molecule has 0 aliphatic heterocycles. The van der Waals surface area contributed by atoms with Crippen LogP contribution in [0.5, 0.6) is 0 Å². The number of ether oxygens (including phenoxy) is 1. The van der Waals surface area contributed by atoms with E-state index in [0.717, 1.165) is 30.9 Å². The molecule has 0 aromatic heterocycles. The van der Waals surface area contributed by atoms with Gasteiger partial charge in [-0.25, -0.2) is 0 Å². The largest absolute Gasteiger partial charge is 0.399 e. The van der Waals surface area contributed by atoms with Crippen LogP contribution in [0.2, 0.25) is 0 Å². The van der Waals surface area contributed by atoms with E-state index in [1.165, 1.54) is 5.56 Å². The molecule has 78 valence electrons. The monoisotopic (exact) mass is 194 g/mol. The predicted octanol–water partition coefficient (Wildman–Crippen LogP) is 2.03. The fourth-order valence-electron chi connectivity index (χ4n) is 1.27. The zero-order valence-corrected chi connectivity index (χ0v) is 8.84. The minimum atomic E-state index is 0.786. The highest BCUT2D eigenvalue weighted by atomic mass is 16.5. The molecule has 0 atom stereocenters. The number of nitrogens with one attached hydrogen (secondary N) is 1. The Labute approximate surface area is 85.3 Å². The third kappa shape index (κ3) is 3.26. The zero-order valence-electron chi connectivity index (χ0n) is 8.84. The Morgan fingerprint density at radius 2 is 2.21 bits per heavy atom. The van der Waals surface area contributed by atoms with Crippen molar-refractivity contribution in [2.24, 2.45) is 0 Å². The maximum absolute atomic E-state index is 5.69. The van der Waals surface area contributed by atoms with Crippen LogP contribution in [0.25, 0.3) is 0 Å². The second kappa shape index (κ2) is 5.50. The third-order valence-electron chi connectivity index (χ3n) is 2.10. The van der Waals surface area contributed by atoms with E-state index in [2.05, 4.69) is 12.2 Å². The predicted molar refractivity (Wildman–Crippen MR) is 60.6 cm³/mol. The van der Waals surface area contributed by atoms with Gasteiger partial charge in [-0.2, -0.15) is 0 Å². The SMILES string of the molecule is COCCCNc1cc(N)ccc1C. The van der Waals surface area contributed by atoms with Crippen LogP contribution >= 0.6 is 0 Å². The summed E-state index contributed by atoms with van der Waals surface area (Å²) in [7, 11) is 1.71. The Hall–Kier alpha value is -1.22. The smallest absolute Gasteiger partial charge is 0.0479 e. The van der Waals surface area contributed by atoms with E-state index in [4.69, 9.17) is 10.5 Å². The van der Waals surface area contributed by atoms with Gasteiger partial charge in [0, 0.05) is 31.6 Å². The molecule has 0 aliphatic rings. The topological polar surface area (TPSA) is 47.3 Å². The first-order chi connectivity index (χ1) is 6.74. The fourth-order valence-corrected chi connectivity index (χ4v) is 1.27. The number of methoxy groups -OCH3 is 1. The van der Waals surface area contributed by atoms with Gasteiger partial charge in [0.25, 0.3) is 0 Å². The maximum atomic E-state index is 5.69. The van der Waals surface area contributed by atoms with Crippen LogP contribution in [-0.2, 0) is 4.74 Å². The van der Waals surface area contributed by atoms with Crippen molar-refractivity contribution < 1.29 is 4.74 Å². The average molecular weight is 194 g/mol. The normalized spacial score (nSPS) is 10.1. The molecular formula is C11H18N2O. The Bertz CT molecular complexity index is 287. The first-order valence-electron chi connectivity index (χ1n) is 4.83. The van der Waals surface area contributed by atoms with Crippen molar-refractivity contribution >= 4 is 11.4 Å². The molecule has 14 heavy (non-hydrogen) atoms. The lowest BCUT2D eigenvalue weighted by atomic mass is 10.2. The molecule has 3 N–H and O–H groups in total. The molecule has 1 aromatic carbocycles. The van der Waals surface area contributed by atoms with E-state index in [1.54, 1.807) is 7.11 Å². The van der Waals surface area contributed by atoms with Crippen molar-refractivity contribution in [2.45, 2.75) is 13.3 Å². The molecule has 3 heteroatoms. The van der Waals surface area contributed by atoms with Crippen molar-refractivity contribution in [3.05, 3.63) is 23.8 Å². The van der Waals surface area contributed by atoms with Crippen molar-refractivity contribution in [1.82, 2.24) is 0 Å². The molecule has 0 unspecified atom stereocenters. The summed E-state index contributed by atoms with van der Waals surface area (Å²) in [4.78, 5) is 0. The summed E-state index contributed by atoms with van der Waals surface area (Å²) in [6.07, 6.45) is 1.00. The van der Waals surface area contributed by atoms with Crippen LogP contribution in [0.3, 0.4) is 0 Å². The zero-order chi connectivity index (χ0) is 10.4. The Morgan fingerprint density at radius 1 is 1.43 bits per heavy atom. The van der Waals surface area contributed by atoms with Gasteiger partial charge in [-0.05, 0) is 31.0 Å². The molecule has 0 radical (unpaired) electrons. The van der Waals surface area contributed by atoms with Crippen LogP contribution in [0.1, 0.15) is 12.0 Å². The number of hydrogen-bond donors (Lipinski definition) is 2. The summed E-state index contributed by atoms with van der Waals surface area (Å²) in [6, 6.07) is 5.89. The number of nitrogens with two attached hydrogens (primary N) is 1. The molecule has 0 saturated carbocycles. The van der Waals surface area contributed by atoms with Crippen molar-refractivity contribution in [3.8, 4) is 0 Å². The van der Waals surface area contributed by atoms with Gasteiger partial charge in [0.2, 0.25) is 0 Å². The quantitative estimate of drug-likeness (QED) is 0.557. The van der Waals surface area contributed by atoms with Gasteiger partial charge in [-0.1, -0.05) is 6.07 Å². The van der Waals surface area contributed by atoms with Gasteiger partial charge in [-0.15, -0.1) is 0 Å². The van der Waals surface area contributed by atoms with Gasteiger partial charge in [-0.3, -0.25) is 0 Å². The van der Waals surface area contributed by atoms with E-state index in [-0.39, 0.29) is 0 Å². The van der Waals surface area contributed by atoms with Crippen LogP contribution in [0.4, 0.5) is 11.4 Å². The van der Waals surface area contributed by atoms with E-state index in [1.807, 2.05) is 18.2 Å². The molecule has 1 rings (SSSR count). The summed E-state index contributed by atoms with van der Waals surface area (Å²) in [5.74, 6) is 0. The average Bonchev–Trinajstić information content (AvgIpc) is 2.18. The summed E-state index contributed by atoms with van der Waals surface area (Å²) < 4.78 is 4.97. The molecule has 0 aliphatic carbocycles. The highest BCUT2D eigenvalue weighted by Gasteiger charge is 1.97. The molecule has 0 amide bonds. The second-order valence-corrected chi connectivity index (χ2v) is 3.35. The molecule has 3 nitrogen and oxygen atoms in total. The van der Waals surface area contributed by atoms with Gasteiger partial charge < -0.3 is 15.8 Å². The lowest BCUT2D eigenvalue weighted by Gasteiger charge is -2.09. The first kappa shape index (κ1) is 10.9. The Kier molecular flexibility index (Phi) is 4.26. The number of anilines is 2. The van der Waals surface area contributed by atoms with Crippen molar-refractivity contribution in [3.63, 3.8) is 0 Å². The van der Waals surface area contributed by atoms with Crippen LogP contribution < -0.4 is 11.1 Å². The second-order valence-electron chi connectivity index (χ2n) is 3.35. The minimum absolute atomic E-state index is 0.786. The van der Waals surface area contributed by atoms with Gasteiger partial charge in [0.15, 0.2) is 0 Å². The molecule has 1 aromatic rings. The molecule has 0 spiro atoms. The van der Waals surface area contributed by atoms with Gasteiger partial charge in [0.05, 0.1) is 0 Å². The standard InChI is InChI=1S/C11H18N2O/c1-9-4-5-10(12)8-11(9)13-6-3-7-14-2/h4-5,8,13H,3,6-7,12H2,1-2H3. The van der Waals surface area contributed by atoms with Crippen LogP contribution in [0.15, 0.2) is 18.2 Å². The van der Waals surface area contributed by atoms with E-state index < -0.39 is 0 Å². The summed E-state index contributed by atoms with van der Waals surface area (Å²) in [6.45, 7) is 3.77. The number of rotatable bonds is 5. The molecule has 0 bridgehead atoms. The summed E-state index contributed by atoms with van der Waals surface area (Å²) in [5.41, 5.74) is 8.82. The van der Waals surface area contributed by atoms with E-state index in [9.17, 15) is 0 Å². The van der Waals surface area contributed by atoms with E-state index in [0.29, 0.717) is 0 Å². The summed E-state index contributed by atoms with van der Waals surface area (Å²) in [5, 5.41) is 3.33. The van der Waals surface area contributed by atoms with Crippen molar-refractivity contribution in [1.29, 1.82) is 0 Å². The summed E-state index contributed by atoms with van der Waals surface area (Å²) >= 11 is 0. The number of benzene rings is 1. The molecule has 0 saturated heterocycles. The molecule has 0 heterocycles. The first-order valence-corrected chi connectivity index (χ1v) is 4.83. The van der Waals surface area contributed by atoms with Gasteiger partial charge in [0.1, 0.15) is 0 Å². The van der Waals surface area contributed by atoms with E-state index >= 15 is 0 Å². The lowest BCUT2D eigenvalue weighted by molar-refractivity contribution is 0.198. The lowest BCUT2D eigenvalue weighted by Crippen LogP contribution is -2.06. The number of nitrogen functional groups attached to an aromatic ring is 1. The fraction of sp³-hybridized carbons (Fsp3) is 0.455. The van der Waals surface area contributed by atoms with Crippen molar-refractivity contribution in [2.75, 3.05) is 31.3 Å². The third-order valence-corrected chi connectivity index (χ3v) is 2.10. The number of aryl methyl sites for hydroxylation is 1. The minimum Gasteiger partial charge on any atom is -0.399 e. The molecular weight excluding hydrogens is 176 g/mol. The highest BCUT2D eigenvalue weighted by molar-refractivity contribution is 5.59. The van der Waals surface area contributed by atoms with Crippen LogP contribution in [-0.4, -0.2) is 20.3 Å². The number of hydrogen-bond acceptors (Lipinski definition) is 3. The van der Waals surface area contributed by atoms with Crippen LogP contribution in [0, 0.1) is 6.92 Å². The Morgan fingerprint density at radius 3 is 2.93 bits per heavy atom. The van der Waals surface area contributed by atoms with Gasteiger partial charge >= 0.3 is 0 Å². The highest BCUT2D eigenvalue weighted by Crippen LogP contribution is 2.17.